The maximum Gasteiger partial charge on any atom is 0.144 e. The minimum atomic E-state index is -1.07. The number of nitrogens with zero attached hydrogens (tertiary/aromatic N) is 1. The predicted octanol–water partition coefficient (Wildman–Crippen LogP) is 2.71. The van der Waals surface area contributed by atoms with Crippen molar-refractivity contribution in [3.63, 3.8) is 0 Å². The molecule has 0 aliphatic carbocycles. The fraction of sp³-hybridized carbons (Fsp3) is 0.889. The molecule has 3 heteroatoms. The highest BCUT2D eigenvalue weighted by molar-refractivity contribution is 7.85. The lowest BCUT2D eigenvalue weighted by atomic mass is 10.3. The Morgan fingerprint density at radius 2 is 2.00 bits per heavy atom. The first-order valence-electron chi connectivity index (χ1n) is 4.43. The summed E-state index contributed by atoms with van der Waals surface area (Å²) in [6.45, 7) is 7.93. The third-order valence-electron chi connectivity index (χ3n) is 1.38. The normalized spacial score (nSPS) is 15.3. The Morgan fingerprint density at radius 3 is 2.42 bits per heavy atom. The van der Waals surface area contributed by atoms with Gasteiger partial charge in [-0.05, 0) is 33.6 Å². The third kappa shape index (κ3) is 5.47. The van der Waals surface area contributed by atoms with Gasteiger partial charge >= 0.3 is 0 Å². The zero-order valence-electron chi connectivity index (χ0n) is 8.46. The van der Waals surface area contributed by atoms with Crippen LogP contribution in [-0.4, -0.2) is 15.2 Å². The van der Waals surface area contributed by atoms with Crippen LogP contribution in [0, 0.1) is 0 Å². The van der Waals surface area contributed by atoms with Gasteiger partial charge in [-0.2, -0.15) is 4.40 Å². The van der Waals surface area contributed by atoms with Crippen molar-refractivity contribution < 1.29 is 4.21 Å². The van der Waals surface area contributed by atoms with E-state index in [4.69, 9.17) is 0 Å². The van der Waals surface area contributed by atoms with Gasteiger partial charge in [-0.25, -0.2) is 4.21 Å². The average Bonchev–Trinajstić information content (AvgIpc) is 1.96. The van der Waals surface area contributed by atoms with E-state index in [-0.39, 0.29) is 4.75 Å². The summed E-state index contributed by atoms with van der Waals surface area (Å²) >= 11 is 0. The molecule has 0 saturated heterocycles. The van der Waals surface area contributed by atoms with Crippen molar-refractivity contribution in [3.05, 3.63) is 0 Å². The van der Waals surface area contributed by atoms with Crippen molar-refractivity contribution in [1.82, 2.24) is 0 Å². The van der Waals surface area contributed by atoms with Crippen LogP contribution in [0.5, 0.6) is 0 Å². The standard InChI is InChI=1S/C9H19NOS/c1-5-6-7-8-10-12(11)9(2,3)4/h8H,5-7H2,1-4H3/b10-8+. The fourth-order valence-electron chi connectivity index (χ4n) is 0.574. The van der Waals surface area contributed by atoms with Gasteiger partial charge in [0.2, 0.25) is 0 Å². The quantitative estimate of drug-likeness (QED) is 0.494. The molecule has 0 bridgehead atoms. The van der Waals surface area contributed by atoms with Crippen molar-refractivity contribution >= 4 is 17.2 Å². The lowest BCUT2D eigenvalue weighted by molar-refractivity contribution is 0.650. The number of hydrogen-bond acceptors (Lipinski definition) is 1. The molecule has 0 aliphatic rings. The Labute approximate surface area is 78.1 Å². The summed E-state index contributed by atoms with van der Waals surface area (Å²) in [5, 5.41) is 0. The predicted molar refractivity (Wildman–Crippen MR) is 55.9 cm³/mol. The topological polar surface area (TPSA) is 29.4 Å². The van der Waals surface area contributed by atoms with E-state index in [0.717, 1.165) is 19.3 Å². The zero-order valence-corrected chi connectivity index (χ0v) is 9.28. The molecule has 0 spiro atoms. The van der Waals surface area contributed by atoms with Gasteiger partial charge < -0.3 is 0 Å². The molecule has 1 atom stereocenters. The van der Waals surface area contributed by atoms with E-state index < -0.39 is 11.0 Å². The molecule has 0 amide bonds. The number of unbranched alkanes of at least 4 members (excludes halogenated alkanes) is 2. The molecule has 72 valence electrons. The summed E-state index contributed by atoms with van der Waals surface area (Å²) in [6.07, 6.45) is 5.02. The van der Waals surface area contributed by atoms with Crippen LogP contribution in [0.4, 0.5) is 0 Å². The molecule has 0 N–H and O–H groups in total. The molecule has 0 aromatic carbocycles. The van der Waals surface area contributed by atoms with Gasteiger partial charge in [0.05, 0.1) is 4.75 Å². The van der Waals surface area contributed by atoms with Gasteiger partial charge in [-0.15, -0.1) is 0 Å². The highest BCUT2D eigenvalue weighted by Gasteiger charge is 2.17. The van der Waals surface area contributed by atoms with E-state index in [1.807, 2.05) is 20.8 Å². The first-order valence-corrected chi connectivity index (χ1v) is 5.53. The van der Waals surface area contributed by atoms with Crippen molar-refractivity contribution in [1.29, 1.82) is 0 Å². The summed E-state index contributed by atoms with van der Waals surface area (Å²) in [4.78, 5) is 0. The highest BCUT2D eigenvalue weighted by atomic mass is 32.2. The molecule has 0 heterocycles. The Bertz CT molecular complexity index is 170. The van der Waals surface area contributed by atoms with E-state index >= 15 is 0 Å². The smallest absolute Gasteiger partial charge is 0.144 e. The van der Waals surface area contributed by atoms with Gasteiger partial charge in [0, 0.05) is 6.21 Å². The second kappa shape index (κ2) is 5.46. The lowest BCUT2D eigenvalue weighted by Gasteiger charge is -2.12. The lowest BCUT2D eigenvalue weighted by Crippen LogP contribution is -2.19. The van der Waals surface area contributed by atoms with Crippen LogP contribution in [0.1, 0.15) is 47.0 Å². The van der Waals surface area contributed by atoms with Crippen molar-refractivity contribution in [2.75, 3.05) is 0 Å². The summed E-state index contributed by atoms with van der Waals surface area (Å²) in [5.41, 5.74) is 0. The average molecular weight is 189 g/mol. The molecule has 0 aromatic rings. The van der Waals surface area contributed by atoms with Crippen LogP contribution in [-0.2, 0) is 11.0 Å². The second-order valence-electron chi connectivity index (χ2n) is 3.79. The van der Waals surface area contributed by atoms with Crippen LogP contribution < -0.4 is 0 Å². The molecule has 0 saturated carbocycles. The molecule has 0 aromatic heterocycles. The van der Waals surface area contributed by atoms with Gasteiger partial charge in [0.25, 0.3) is 0 Å². The largest absolute Gasteiger partial charge is 0.234 e. The molecular formula is C9H19NOS. The molecule has 0 rings (SSSR count). The van der Waals surface area contributed by atoms with E-state index in [2.05, 4.69) is 11.3 Å². The van der Waals surface area contributed by atoms with Gasteiger partial charge in [0.1, 0.15) is 11.0 Å². The van der Waals surface area contributed by atoms with E-state index in [1.54, 1.807) is 6.21 Å². The number of hydrogen-bond donors (Lipinski definition) is 0. The van der Waals surface area contributed by atoms with Gasteiger partial charge in [-0.1, -0.05) is 13.3 Å². The van der Waals surface area contributed by atoms with Crippen LogP contribution in [0.15, 0.2) is 4.40 Å². The highest BCUT2D eigenvalue weighted by Crippen LogP contribution is 2.11. The molecule has 2 nitrogen and oxygen atoms in total. The van der Waals surface area contributed by atoms with Crippen LogP contribution in [0.3, 0.4) is 0 Å². The molecular weight excluding hydrogens is 170 g/mol. The molecule has 0 fully saturated rings. The number of rotatable bonds is 4. The molecule has 0 radical (unpaired) electrons. The Kier molecular flexibility index (Phi) is 5.38. The first kappa shape index (κ1) is 11.8. The van der Waals surface area contributed by atoms with Gasteiger partial charge in [-0.3, -0.25) is 0 Å². The molecule has 12 heavy (non-hydrogen) atoms. The third-order valence-corrected chi connectivity index (χ3v) is 2.77. The van der Waals surface area contributed by atoms with Crippen molar-refractivity contribution in [2.45, 2.75) is 51.7 Å². The minimum Gasteiger partial charge on any atom is -0.234 e. The second-order valence-corrected chi connectivity index (χ2v) is 5.73. The SMILES string of the molecule is CCCC/C=N/S(=O)C(C)(C)C. The summed E-state index contributed by atoms with van der Waals surface area (Å²) in [6, 6.07) is 0. The first-order chi connectivity index (χ1) is 5.48. The molecule has 1 unspecified atom stereocenters. The van der Waals surface area contributed by atoms with E-state index in [1.165, 1.54) is 0 Å². The van der Waals surface area contributed by atoms with Gasteiger partial charge in [0.15, 0.2) is 0 Å². The maximum absolute atomic E-state index is 11.3. The Morgan fingerprint density at radius 1 is 1.42 bits per heavy atom. The van der Waals surface area contributed by atoms with Crippen molar-refractivity contribution in [3.8, 4) is 0 Å². The summed E-state index contributed by atoms with van der Waals surface area (Å²) < 4.78 is 15.1. The Hall–Kier alpha value is -0.180. The van der Waals surface area contributed by atoms with Crippen LogP contribution in [0.2, 0.25) is 0 Å². The van der Waals surface area contributed by atoms with E-state index in [0.29, 0.717) is 0 Å². The summed E-state index contributed by atoms with van der Waals surface area (Å²) in [7, 11) is -1.07. The monoisotopic (exact) mass is 189 g/mol. The Balaban J connectivity index is 3.77. The molecule has 0 aliphatic heterocycles. The van der Waals surface area contributed by atoms with Crippen LogP contribution >= 0.6 is 0 Å². The van der Waals surface area contributed by atoms with E-state index in [9.17, 15) is 4.21 Å². The summed E-state index contributed by atoms with van der Waals surface area (Å²) in [5.74, 6) is 0. The fourth-order valence-corrected chi connectivity index (χ4v) is 1.13. The minimum absolute atomic E-state index is 0.220. The van der Waals surface area contributed by atoms with Crippen molar-refractivity contribution in [2.24, 2.45) is 4.40 Å². The zero-order chi connectivity index (χ0) is 9.61. The van der Waals surface area contributed by atoms with Crippen LogP contribution in [0.25, 0.3) is 0 Å². The maximum atomic E-state index is 11.3.